The van der Waals surface area contributed by atoms with Gasteiger partial charge >= 0.3 is 0 Å². The third-order valence-electron chi connectivity index (χ3n) is 5.84. The van der Waals surface area contributed by atoms with Crippen molar-refractivity contribution in [1.82, 2.24) is 5.43 Å². The number of rotatable bonds is 13. The van der Waals surface area contributed by atoms with Crippen LogP contribution in [0.5, 0.6) is 11.5 Å². The number of carbonyl (C=O) groups is 2. The fourth-order valence-electron chi connectivity index (χ4n) is 3.78. The van der Waals surface area contributed by atoms with E-state index in [1.165, 1.54) is 42.6 Å². The fourth-order valence-corrected chi connectivity index (χ4v) is 5.21. The van der Waals surface area contributed by atoms with Crippen LogP contribution in [0.1, 0.15) is 12.5 Å². The van der Waals surface area contributed by atoms with E-state index in [0.717, 1.165) is 4.31 Å². The average Bonchev–Trinajstić information content (AvgIpc) is 3.01. The second-order valence-corrected chi connectivity index (χ2v) is 10.8. The van der Waals surface area contributed by atoms with Gasteiger partial charge in [-0.1, -0.05) is 18.2 Å². The molecule has 4 rings (SSSR count). The second-order valence-electron chi connectivity index (χ2n) is 8.96. The van der Waals surface area contributed by atoms with Crippen LogP contribution in [0, 0.1) is 5.82 Å². The minimum Gasteiger partial charge on any atom is -0.494 e. The predicted molar refractivity (Wildman–Crippen MR) is 161 cm³/mol. The first kappa shape index (κ1) is 30.7. The lowest BCUT2D eigenvalue weighted by atomic mass is 10.2. The van der Waals surface area contributed by atoms with Crippen molar-refractivity contribution in [2.24, 2.45) is 5.10 Å². The summed E-state index contributed by atoms with van der Waals surface area (Å²) in [6, 6.07) is 26.2. The predicted octanol–water partition coefficient (Wildman–Crippen LogP) is 4.59. The van der Waals surface area contributed by atoms with Crippen molar-refractivity contribution in [3.05, 3.63) is 115 Å². The van der Waals surface area contributed by atoms with Gasteiger partial charge in [0, 0.05) is 5.69 Å². The minimum atomic E-state index is -4.09. The van der Waals surface area contributed by atoms with Crippen molar-refractivity contribution in [3.8, 4) is 11.5 Å². The Kier molecular flexibility index (Phi) is 10.4. The van der Waals surface area contributed by atoms with Crippen LogP contribution in [0.2, 0.25) is 0 Å². The number of nitrogens with one attached hydrogen (secondary N) is 2. The smallest absolute Gasteiger partial charge is 0.264 e. The maximum atomic E-state index is 13.5. The molecule has 0 aliphatic rings. The SMILES string of the molecule is CCOc1ccc(S(=O)(=O)N(CC(=O)N/N=C\c2ccc(OCC(=O)Nc3ccc(F)cc3)cc2)c2ccccc2)cc1. The van der Waals surface area contributed by atoms with Gasteiger partial charge in [0.15, 0.2) is 6.61 Å². The monoisotopic (exact) mass is 604 g/mol. The van der Waals surface area contributed by atoms with E-state index in [-0.39, 0.29) is 11.5 Å². The van der Waals surface area contributed by atoms with Gasteiger partial charge in [-0.3, -0.25) is 13.9 Å². The number of hydrogen-bond donors (Lipinski definition) is 2. The molecule has 2 N–H and O–H groups in total. The van der Waals surface area contributed by atoms with Gasteiger partial charge in [0.2, 0.25) is 0 Å². The molecular formula is C31H29FN4O6S. The number of carbonyl (C=O) groups excluding carboxylic acids is 2. The number of hydrogen-bond acceptors (Lipinski definition) is 7. The third kappa shape index (κ3) is 8.88. The highest BCUT2D eigenvalue weighted by Crippen LogP contribution is 2.25. The van der Waals surface area contributed by atoms with Gasteiger partial charge in [-0.15, -0.1) is 0 Å². The number of nitrogens with zero attached hydrogens (tertiary/aromatic N) is 2. The van der Waals surface area contributed by atoms with Crippen LogP contribution in [0.3, 0.4) is 0 Å². The Bertz CT molecular complexity index is 1650. The Hall–Kier alpha value is -5.23. The number of sulfonamides is 1. The molecule has 43 heavy (non-hydrogen) atoms. The van der Waals surface area contributed by atoms with Crippen LogP contribution < -0.4 is 24.5 Å². The summed E-state index contributed by atoms with van der Waals surface area (Å²) in [6.07, 6.45) is 1.39. The second kappa shape index (κ2) is 14.6. The van der Waals surface area contributed by atoms with Crippen molar-refractivity contribution >= 4 is 39.4 Å². The summed E-state index contributed by atoms with van der Waals surface area (Å²) < 4.78 is 51.8. The van der Waals surface area contributed by atoms with E-state index < -0.39 is 34.2 Å². The molecule has 0 heterocycles. The molecule has 4 aromatic carbocycles. The molecule has 0 radical (unpaired) electrons. The highest BCUT2D eigenvalue weighted by molar-refractivity contribution is 7.92. The van der Waals surface area contributed by atoms with Crippen molar-refractivity contribution in [1.29, 1.82) is 0 Å². The summed E-state index contributed by atoms with van der Waals surface area (Å²) >= 11 is 0. The Balaban J connectivity index is 1.33. The van der Waals surface area contributed by atoms with Gasteiger partial charge < -0.3 is 14.8 Å². The number of ether oxygens (including phenoxy) is 2. The summed E-state index contributed by atoms with van der Waals surface area (Å²) in [5, 5.41) is 6.54. The molecular weight excluding hydrogens is 575 g/mol. The molecule has 0 aliphatic heterocycles. The maximum Gasteiger partial charge on any atom is 0.264 e. The number of amides is 2. The van der Waals surface area contributed by atoms with E-state index in [1.807, 2.05) is 6.92 Å². The van der Waals surface area contributed by atoms with Crippen LogP contribution in [-0.2, 0) is 19.6 Å². The van der Waals surface area contributed by atoms with Crippen molar-refractivity contribution in [3.63, 3.8) is 0 Å². The summed E-state index contributed by atoms with van der Waals surface area (Å²) in [5.74, 6) is -0.504. The number of halogens is 1. The van der Waals surface area contributed by atoms with E-state index in [4.69, 9.17) is 9.47 Å². The largest absolute Gasteiger partial charge is 0.494 e. The zero-order valence-electron chi connectivity index (χ0n) is 23.1. The molecule has 10 nitrogen and oxygen atoms in total. The number of benzene rings is 4. The Labute approximate surface area is 248 Å². The van der Waals surface area contributed by atoms with E-state index in [1.54, 1.807) is 66.7 Å². The highest BCUT2D eigenvalue weighted by atomic mass is 32.2. The van der Waals surface area contributed by atoms with Crippen molar-refractivity contribution < 1.29 is 31.9 Å². The van der Waals surface area contributed by atoms with Crippen molar-refractivity contribution in [2.75, 3.05) is 29.4 Å². The summed E-state index contributed by atoms with van der Waals surface area (Å²) in [7, 11) is -4.09. The molecule has 4 aromatic rings. The Morgan fingerprint density at radius 3 is 2.12 bits per heavy atom. The first-order chi connectivity index (χ1) is 20.7. The lowest BCUT2D eigenvalue weighted by Gasteiger charge is -2.23. The zero-order valence-corrected chi connectivity index (χ0v) is 24.0. The first-order valence-electron chi connectivity index (χ1n) is 13.2. The van der Waals surface area contributed by atoms with Gasteiger partial charge in [0.1, 0.15) is 23.9 Å². The molecule has 0 aromatic heterocycles. The lowest BCUT2D eigenvalue weighted by molar-refractivity contribution is -0.119. The van der Waals surface area contributed by atoms with Gasteiger partial charge in [0.05, 0.1) is 23.4 Å². The number of para-hydroxylation sites is 1. The summed E-state index contributed by atoms with van der Waals surface area (Å²) in [5.41, 5.74) is 3.74. The molecule has 0 saturated heterocycles. The van der Waals surface area contributed by atoms with Crippen LogP contribution in [0.15, 0.2) is 113 Å². The zero-order chi connectivity index (χ0) is 30.7. The fraction of sp³-hybridized carbons (Fsp3) is 0.129. The van der Waals surface area contributed by atoms with Crippen molar-refractivity contribution in [2.45, 2.75) is 11.8 Å². The molecule has 0 aliphatic carbocycles. The maximum absolute atomic E-state index is 13.5. The summed E-state index contributed by atoms with van der Waals surface area (Å²) in [6.45, 7) is 1.51. The Morgan fingerprint density at radius 1 is 0.837 bits per heavy atom. The molecule has 0 spiro atoms. The molecule has 0 bridgehead atoms. The van der Waals surface area contributed by atoms with E-state index >= 15 is 0 Å². The van der Waals surface area contributed by atoms with Crippen LogP contribution >= 0.6 is 0 Å². The van der Waals surface area contributed by atoms with Gasteiger partial charge in [-0.25, -0.2) is 18.2 Å². The lowest BCUT2D eigenvalue weighted by Crippen LogP contribution is -2.39. The topological polar surface area (TPSA) is 126 Å². The van der Waals surface area contributed by atoms with E-state index in [9.17, 15) is 22.4 Å². The first-order valence-corrected chi connectivity index (χ1v) is 14.6. The average molecular weight is 605 g/mol. The number of anilines is 2. The minimum absolute atomic E-state index is 0.00588. The standard InChI is InChI=1S/C31H29FN4O6S/c1-2-41-27-16-18-29(19-17-27)43(39,40)36(26-6-4-3-5-7-26)21-30(37)35-33-20-23-8-14-28(15-9-23)42-22-31(38)34-25-12-10-24(32)11-13-25/h3-20H,2,21-22H2,1H3,(H,34,38)(H,35,37)/b33-20-. The molecule has 0 saturated carbocycles. The molecule has 0 atom stereocenters. The normalized spacial score (nSPS) is 11.1. The molecule has 222 valence electrons. The van der Waals surface area contributed by atoms with E-state index in [0.29, 0.717) is 35.0 Å². The third-order valence-corrected chi connectivity index (χ3v) is 7.62. The van der Waals surface area contributed by atoms with Gasteiger partial charge in [0.25, 0.3) is 21.8 Å². The van der Waals surface area contributed by atoms with Gasteiger partial charge in [-0.05, 0) is 97.4 Å². The van der Waals surface area contributed by atoms with Crippen LogP contribution in [-0.4, -0.2) is 46.2 Å². The Morgan fingerprint density at radius 2 is 1.47 bits per heavy atom. The van der Waals surface area contributed by atoms with Gasteiger partial charge in [-0.2, -0.15) is 5.10 Å². The number of hydrazone groups is 1. The molecule has 0 unspecified atom stereocenters. The quantitative estimate of drug-likeness (QED) is 0.170. The molecule has 0 fully saturated rings. The van der Waals surface area contributed by atoms with Crippen LogP contribution in [0.25, 0.3) is 0 Å². The molecule has 12 heteroatoms. The van der Waals surface area contributed by atoms with Crippen LogP contribution in [0.4, 0.5) is 15.8 Å². The molecule has 2 amide bonds. The van der Waals surface area contributed by atoms with E-state index in [2.05, 4.69) is 15.8 Å². The highest BCUT2D eigenvalue weighted by Gasteiger charge is 2.27. The summed E-state index contributed by atoms with van der Waals surface area (Å²) in [4.78, 5) is 24.8.